The molecular weight excluding hydrogens is 617 g/mol. The zero-order valence-electron chi connectivity index (χ0n) is 26.5. The van der Waals surface area contributed by atoms with E-state index >= 15 is 0 Å². The molecule has 0 bridgehead atoms. The van der Waals surface area contributed by atoms with Crippen molar-refractivity contribution < 1.29 is 8.98 Å². The molecule has 49 heavy (non-hydrogen) atoms. The third-order valence-corrected chi connectivity index (χ3v) is 12.5. The third kappa shape index (κ3) is 4.90. The molecule has 9 rings (SSSR count). The van der Waals surface area contributed by atoms with Gasteiger partial charge in [-0.3, -0.25) is 0 Å². The largest absolute Gasteiger partial charge is 0.454 e. The van der Waals surface area contributed by atoms with E-state index in [0.29, 0.717) is 0 Å². The van der Waals surface area contributed by atoms with E-state index in [1.54, 1.807) is 0 Å². The van der Waals surface area contributed by atoms with Crippen molar-refractivity contribution in [2.75, 3.05) is 0 Å². The first kappa shape index (κ1) is 29.1. The predicted molar refractivity (Wildman–Crippen MR) is 205 cm³/mol. The van der Waals surface area contributed by atoms with Crippen LogP contribution in [-0.2, 0) is 4.57 Å². The summed E-state index contributed by atoms with van der Waals surface area (Å²) in [5.41, 5.74) is 8.81. The number of hydrogen-bond acceptors (Lipinski definition) is 3. The van der Waals surface area contributed by atoms with Crippen molar-refractivity contribution in [1.82, 2.24) is 4.98 Å². The van der Waals surface area contributed by atoms with E-state index < -0.39 is 7.14 Å². The lowest BCUT2D eigenvalue weighted by Crippen LogP contribution is -2.24. The quantitative estimate of drug-likeness (QED) is 0.169. The number of aromatic nitrogens is 1. The van der Waals surface area contributed by atoms with Crippen molar-refractivity contribution >= 4 is 55.9 Å². The maximum Gasteiger partial charge on any atom is 0.171 e. The number of hydrogen-bond donors (Lipinski definition) is 0. The van der Waals surface area contributed by atoms with Gasteiger partial charge in [0, 0.05) is 37.6 Å². The predicted octanol–water partition coefficient (Wildman–Crippen LogP) is 10.8. The highest BCUT2D eigenvalue weighted by atomic mass is 31.2. The monoisotopic (exact) mass is 647 g/mol. The molecule has 2 heterocycles. The summed E-state index contributed by atoms with van der Waals surface area (Å²) in [4.78, 5) is 5.18. The number of para-hydroxylation sites is 1. The van der Waals surface area contributed by atoms with Crippen LogP contribution in [0.4, 0.5) is 0 Å². The molecule has 0 unspecified atom stereocenters. The second-order valence-corrected chi connectivity index (χ2v) is 15.0. The summed E-state index contributed by atoms with van der Waals surface area (Å²) in [6.07, 6.45) is 0. The van der Waals surface area contributed by atoms with Crippen LogP contribution in [0.3, 0.4) is 0 Å². The molecule has 3 nitrogen and oxygen atoms in total. The molecule has 7 aromatic carbocycles. The first-order chi connectivity index (χ1) is 24.2. The number of rotatable bonds is 6. The van der Waals surface area contributed by atoms with Gasteiger partial charge in [0.15, 0.2) is 12.7 Å². The minimum Gasteiger partial charge on any atom is -0.454 e. The first-order valence-corrected chi connectivity index (χ1v) is 18.1. The Morgan fingerprint density at radius 3 is 1.61 bits per heavy atom. The average molecular weight is 648 g/mol. The van der Waals surface area contributed by atoms with Gasteiger partial charge in [-0.15, -0.1) is 0 Å². The van der Waals surface area contributed by atoms with Crippen LogP contribution in [0.1, 0.15) is 0 Å². The van der Waals surface area contributed by atoms with Gasteiger partial charge in [0.2, 0.25) is 0 Å². The summed E-state index contributed by atoms with van der Waals surface area (Å²) in [5.74, 6) is 0. The fourth-order valence-electron chi connectivity index (χ4n) is 6.99. The summed E-state index contributed by atoms with van der Waals surface area (Å²) in [6, 6.07) is 61.3. The number of pyridine rings is 1. The van der Waals surface area contributed by atoms with Crippen LogP contribution in [0.5, 0.6) is 0 Å². The normalized spacial score (nSPS) is 11.8. The molecule has 9 aromatic rings. The molecule has 0 N–H and O–H groups in total. The Labute approximate surface area is 284 Å². The summed E-state index contributed by atoms with van der Waals surface area (Å²) in [6.45, 7) is 0. The van der Waals surface area contributed by atoms with Crippen LogP contribution >= 0.6 is 7.14 Å². The lowest BCUT2D eigenvalue weighted by molar-refractivity contribution is 0.592. The zero-order chi connectivity index (χ0) is 32.8. The van der Waals surface area contributed by atoms with Crippen LogP contribution in [0, 0.1) is 0 Å². The minimum atomic E-state index is -3.03. The summed E-state index contributed by atoms with van der Waals surface area (Å²) < 4.78 is 21.3. The van der Waals surface area contributed by atoms with Gasteiger partial charge >= 0.3 is 0 Å². The maximum atomic E-state index is 14.8. The van der Waals surface area contributed by atoms with Gasteiger partial charge in [-0.2, -0.15) is 0 Å². The highest BCUT2D eigenvalue weighted by Crippen LogP contribution is 2.44. The second-order valence-electron chi connectivity index (χ2n) is 12.2. The Hall–Kier alpha value is -6.02. The standard InChI is InChI=1S/C45H30NO2P/c47-49(35-15-6-2-7-16-35,36-17-8-3-9-18-36)37-29-27-32(28-30-37)31-23-25-33(26-24-31)38-20-12-21-40-42(38)43-39-19-10-11-22-41(39)48-45(43)44(46-40)34-13-4-1-5-14-34/h1-30H. The molecule has 0 fully saturated rings. The summed E-state index contributed by atoms with van der Waals surface area (Å²) in [5, 5.41) is 5.72. The Balaban J connectivity index is 1.13. The van der Waals surface area contributed by atoms with E-state index in [2.05, 4.69) is 78.9 Å². The zero-order valence-corrected chi connectivity index (χ0v) is 27.4. The fraction of sp³-hybridized carbons (Fsp3) is 0. The third-order valence-electron chi connectivity index (χ3n) is 9.38. The van der Waals surface area contributed by atoms with E-state index in [1.165, 1.54) is 0 Å². The van der Waals surface area contributed by atoms with Crippen molar-refractivity contribution in [2.24, 2.45) is 0 Å². The van der Waals surface area contributed by atoms with Crippen molar-refractivity contribution in [1.29, 1.82) is 0 Å². The lowest BCUT2D eigenvalue weighted by atomic mass is 9.94. The summed E-state index contributed by atoms with van der Waals surface area (Å²) in [7, 11) is -3.03. The number of furan rings is 1. The van der Waals surface area contributed by atoms with E-state index in [9.17, 15) is 4.57 Å². The molecule has 0 aliphatic rings. The number of nitrogens with zero attached hydrogens (tertiary/aromatic N) is 1. The van der Waals surface area contributed by atoms with E-state index in [4.69, 9.17) is 9.40 Å². The Morgan fingerprint density at radius 2 is 0.959 bits per heavy atom. The number of benzene rings is 7. The van der Waals surface area contributed by atoms with E-state index in [0.717, 1.165) is 82.3 Å². The topological polar surface area (TPSA) is 43.1 Å². The van der Waals surface area contributed by atoms with Gasteiger partial charge in [-0.05, 0) is 34.4 Å². The second kappa shape index (κ2) is 11.9. The van der Waals surface area contributed by atoms with Crippen LogP contribution in [0.2, 0.25) is 0 Å². The van der Waals surface area contributed by atoms with Crippen LogP contribution in [0.15, 0.2) is 186 Å². The van der Waals surface area contributed by atoms with Gasteiger partial charge < -0.3 is 8.98 Å². The van der Waals surface area contributed by atoms with Gasteiger partial charge in [0.1, 0.15) is 11.3 Å². The molecule has 0 atom stereocenters. The maximum absolute atomic E-state index is 14.8. The molecule has 0 amide bonds. The van der Waals surface area contributed by atoms with Gasteiger partial charge in [-0.1, -0.05) is 170 Å². The van der Waals surface area contributed by atoms with E-state index in [-0.39, 0.29) is 0 Å². The Bertz CT molecular complexity index is 2600. The molecule has 2 aromatic heterocycles. The molecule has 0 radical (unpaired) electrons. The van der Waals surface area contributed by atoms with Gasteiger partial charge in [0.05, 0.1) is 5.52 Å². The molecule has 0 aliphatic carbocycles. The van der Waals surface area contributed by atoms with Crippen molar-refractivity contribution in [3.8, 4) is 33.5 Å². The molecule has 0 saturated heterocycles. The number of fused-ring (bicyclic) bond motifs is 5. The van der Waals surface area contributed by atoms with Crippen LogP contribution in [-0.4, -0.2) is 4.98 Å². The molecule has 232 valence electrons. The lowest BCUT2D eigenvalue weighted by Gasteiger charge is -2.20. The molecule has 4 heteroatoms. The summed E-state index contributed by atoms with van der Waals surface area (Å²) >= 11 is 0. The van der Waals surface area contributed by atoms with Crippen LogP contribution < -0.4 is 15.9 Å². The van der Waals surface area contributed by atoms with Crippen LogP contribution in [0.25, 0.3) is 66.4 Å². The van der Waals surface area contributed by atoms with Gasteiger partial charge in [0.25, 0.3) is 0 Å². The highest BCUT2D eigenvalue weighted by molar-refractivity contribution is 7.85. The molecule has 0 saturated carbocycles. The highest BCUT2D eigenvalue weighted by Gasteiger charge is 2.29. The first-order valence-electron chi connectivity index (χ1n) is 16.4. The average Bonchev–Trinajstić information content (AvgIpc) is 3.58. The van der Waals surface area contributed by atoms with Crippen molar-refractivity contribution in [3.05, 3.63) is 182 Å². The molecular formula is C45H30NO2P. The SMILES string of the molecule is O=P(c1ccccc1)(c1ccccc1)c1ccc(-c2ccc(-c3cccc4nc(-c5ccccc5)c5oc6ccccc6c5c34)cc2)cc1. The van der Waals surface area contributed by atoms with Crippen molar-refractivity contribution in [2.45, 2.75) is 0 Å². The minimum absolute atomic E-state index is 0.798. The molecule has 0 spiro atoms. The fourth-order valence-corrected chi connectivity index (χ4v) is 9.64. The van der Waals surface area contributed by atoms with Gasteiger partial charge in [-0.25, -0.2) is 4.98 Å². The van der Waals surface area contributed by atoms with Crippen molar-refractivity contribution in [3.63, 3.8) is 0 Å². The molecule has 0 aliphatic heterocycles. The van der Waals surface area contributed by atoms with E-state index in [1.807, 2.05) is 103 Å². The Morgan fingerprint density at radius 1 is 0.429 bits per heavy atom. The smallest absolute Gasteiger partial charge is 0.171 e. The Kier molecular flexibility index (Phi) is 7.08.